The van der Waals surface area contributed by atoms with E-state index in [0.717, 1.165) is 0 Å². The Morgan fingerprint density at radius 1 is 0.771 bits per heavy atom. The lowest BCUT2D eigenvalue weighted by atomic mass is 9.95. The van der Waals surface area contributed by atoms with Crippen molar-refractivity contribution in [1.82, 2.24) is 0 Å². The number of aliphatic hydroxyl groups is 8. The van der Waals surface area contributed by atoms with Gasteiger partial charge in [-0.25, -0.2) is 4.79 Å². The van der Waals surface area contributed by atoms with Crippen molar-refractivity contribution in [1.29, 1.82) is 0 Å². The van der Waals surface area contributed by atoms with E-state index in [4.69, 9.17) is 29.2 Å². The quantitative estimate of drug-likeness (QED) is 0.121. The maximum atomic E-state index is 12.4. The van der Waals surface area contributed by atoms with Crippen molar-refractivity contribution < 1.29 is 84.4 Å². The molecule has 2 aliphatic rings. The summed E-state index contributed by atoms with van der Waals surface area (Å²) in [5, 5.41) is 97.0. The van der Waals surface area contributed by atoms with Gasteiger partial charge in [0.05, 0.1) is 26.1 Å². The van der Waals surface area contributed by atoms with Gasteiger partial charge in [0.2, 0.25) is 0 Å². The first kappa shape index (κ1) is 29.2. The van der Waals surface area contributed by atoms with Crippen LogP contribution in [0.2, 0.25) is 0 Å². The van der Waals surface area contributed by atoms with E-state index in [1.165, 1.54) is 0 Å². The van der Waals surface area contributed by atoms with Gasteiger partial charge in [0.25, 0.3) is 0 Å². The van der Waals surface area contributed by atoms with Crippen LogP contribution in [0, 0.1) is 0 Å². The second kappa shape index (κ2) is 11.8. The zero-order valence-electron chi connectivity index (χ0n) is 17.9. The molecule has 0 aromatic carbocycles. The van der Waals surface area contributed by atoms with Crippen molar-refractivity contribution in [2.24, 2.45) is 0 Å². The molecule has 202 valence electrons. The van der Waals surface area contributed by atoms with Crippen LogP contribution >= 0.6 is 0 Å². The molecular formula is C18H28O17. The Kier molecular flexibility index (Phi) is 9.85. The Morgan fingerprint density at radius 2 is 1.34 bits per heavy atom. The van der Waals surface area contributed by atoms with Crippen molar-refractivity contribution in [3.05, 3.63) is 0 Å². The first-order chi connectivity index (χ1) is 16.2. The molecule has 10 N–H and O–H groups in total. The molecule has 35 heavy (non-hydrogen) atoms. The van der Waals surface area contributed by atoms with Gasteiger partial charge in [-0.2, -0.15) is 0 Å². The van der Waals surface area contributed by atoms with Crippen LogP contribution in [-0.4, -0.2) is 149 Å². The smallest absolute Gasteiger partial charge is 0.336 e. The van der Waals surface area contributed by atoms with E-state index in [1.807, 2.05) is 0 Å². The number of aliphatic carboxylic acids is 2. The molecular weight excluding hydrogens is 488 g/mol. The molecule has 0 aromatic heterocycles. The minimum Gasteiger partial charge on any atom is -0.481 e. The molecule has 17 nitrogen and oxygen atoms in total. The number of carbonyl (C=O) groups is 3. The number of esters is 1. The summed E-state index contributed by atoms with van der Waals surface area (Å²) in [6.07, 6.45) is -21.2. The van der Waals surface area contributed by atoms with Crippen molar-refractivity contribution in [3.63, 3.8) is 0 Å². The lowest BCUT2D eigenvalue weighted by Crippen LogP contribution is -2.65. The number of hydrogen-bond donors (Lipinski definition) is 10. The Bertz CT molecular complexity index is 759. The fourth-order valence-electron chi connectivity index (χ4n) is 3.58. The maximum Gasteiger partial charge on any atom is 0.336 e. The number of carboxylic acid groups (broad SMARTS) is 2. The molecule has 0 amide bonds. The molecule has 0 saturated carbocycles. The van der Waals surface area contributed by atoms with Crippen LogP contribution in [0.1, 0.15) is 12.8 Å². The summed E-state index contributed by atoms with van der Waals surface area (Å²) in [5.74, 6) is -5.39. The summed E-state index contributed by atoms with van der Waals surface area (Å²) >= 11 is 0. The van der Waals surface area contributed by atoms with E-state index in [2.05, 4.69) is 0 Å². The highest BCUT2D eigenvalue weighted by Crippen LogP contribution is 2.30. The number of rotatable bonds is 10. The fourth-order valence-corrected chi connectivity index (χ4v) is 3.58. The predicted molar refractivity (Wildman–Crippen MR) is 102 cm³/mol. The molecule has 2 heterocycles. The standard InChI is InChI=1S/C18H28O17/c19-3-5-9(24)10(25)14(34-8(23)2-18(31,17(29)30)1-7(21)22)16(33-5)35-13-6(4-20)32-15(28)12(27)11(13)26/h5-6,9-16,19-20,24-28,31H,1-4H2,(H,21,22)(H,29,30)/t5-,6-,9+,10+,11-,12-,13-,14-,15-,16+,18?/m1/s1. The molecule has 0 spiro atoms. The molecule has 2 rings (SSSR count). The third-order valence-corrected chi connectivity index (χ3v) is 5.50. The van der Waals surface area contributed by atoms with Gasteiger partial charge in [0, 0.05) is 0 Å². The number of ether oxygens (including phenoxy) is 4. The van der Waals surface area contributed by atoms with Gasteiger partial charge in [-0.15, -0.1) is 0 Å². The number of hydrogen-bond acceptors (Lipinski definition) is 15. The van der Waals surface area contributed by atoms with E-state index in [1.54, 1.807) is 0 Å². The van der Waals surface area contributed by atoms with Gasteiger partial charge < -0.3 is 70.0 Å². The highest BCUT2D eigenvalue weighted by Gasteiger charge is 2.52. The lowest BCUT2D eigenvalue weighted by Gasteiger charge is -2.46. The summed E-state index contributed by atoms with van der Waals surface area (Å²) in [4.78, 5) is 34.5. The van der Waals surface area contributed by atoms with E-state index >= 15 is 0 Å². The molecule has 1 unspecified atom stereocenters. The molecule has 11 atom stereocenters. The van der Waals surface area contributed by atoms with Crippen LogP contribution in [-0.2, 0) is 33.3 Å². The van der Waals surface area contributed by atoms with Gasteiger partial charge in [-0.1, -0.05) is 0 Å². The van der Waals surface area contributed by atoms with Gasteiger partial charge >= 0.3 is 17.9 Å². The summed E-state index contributed by atoms with van der Waals surface area (Å²) in [5.41, 5.74) is -3.10. The summed E-state index contributed by atoms with van der Waals surface area (Å²) < 4.78 is 20.5. The molecule has 2 fully saturated rings. The van der Waals surface area contributed by atoms with Crippen molar-refractivity contribution >= 4 is 17.9 Å². The predicted octanol–water partition coefficient (Wildman–Crippen LogP) is -6.17. The Labute approximate surface area is 196 Å². The first-order valence-corrected chi connectivity index (χ1v) is 10.2. The van der Waals surface area contributed by atoms with Crippen LogP contribution < -0.4 is 0 Å². The third kappa shape index (κ3) is 6.60. The van der Waals surface area contributed by atoms with Crippen LogP contribution in [0.25, 0.3) is 0 Å². The topological polar surface area (TPSA) is 290 Å². The monoisotopic (exact) mass is 516 g/mol. The maximum absolute atomic E-state index is 12.4. The Balaban J connectivity index is 2.27. The molecule has 0 bridgehead atoms. The summed E-state index contributed by atoms with van der Waals surface area (Å²) in [7, 11) is 0. The highest BCUT2D eigenvalue weighted by molar-refractivity contribution is 5.88. The normalized spacial score (nSPS) is 39.4. The average Bonchev–Trinajstić information content (AvgIpc) is 2.77. The number of carboxylic acids is 2. The minimum absolute atomic E-state index is 0.863. The molecule has 2 saturated heterocycles. The first-order valence-electron chi connectivity index (χ1n) is 10.2. The minimum atomic E-state index is -3.10. The molecule has 0 aliphatic carbocycles. The second-order valence-electron chi connectivity index (χ2n) is 8.07. The fraction of sp³-hybridized carbons (Fsp3) is 0.833. The Morgan fingerprint density at radius 3 is 1.86 bits per heavy atom. The van der Waals surface area contributed by atoms with E-state index in [-0.39, 0.29) is 0 Å². The molecule has 17 heteroatoms. The molecule has 0 radical (unpaired) electrons. The zero-order chi connectivity index (χ0) is 26.7. The highest BCUT2D eigenvalue weighted by atomic mass is 16.7. The summed E-state index contributed by atoms with van der Waals surface area (Å²) in [6, 6.07) is 0. The van der Waals surface area contributed by atoms with Gasteiger partial charge in [0.15, 0.2) is 24.3 Å². The van der Waals surface area contributed by atoms with Crippen molar-refractivity contribution in [2.75, 3.05) is 13.2 Å². The third-order valence-electron chi connectivity index (χ3n) is 5.50. The summed E-state index contributed by atoms with van der Waals surface area (Å²) in [6.45, 7) is -1.75. The van der Waals surface area contributed by atoms with Crippen LogP contribution in [0.3, 0.4) is 0 Å². The molecule has 0 aromatic rings. The van der Waals surface area contributed by atoms with Gasteiger partial charge in [-0.3, -0.25) is 9.59 Å². The SMILES string of the molecule is O=C(O)CC(O)(CC(=O)O[C@H]1[C@H](O[C@H]2[C@H](O)[C@@H](O)[C@H](O)O[C@@H]2CO)O[C@H](CO)[C@H](O)[C@@H]1O)C(=O)O. The number of carbonyl (C=O) groups excluding carboxylic acids is 1. The largest absolute Gasteiger partial charge is 0.481 e. The van der Waals surface area contributed by atoms with Crippen LogP contribution in [0.15, 0.2) is 0 Å². The second-order valence-corrected chi connectivity index (χ2v) is 8.07. The Hall–Kier alpha value is -2.03. The van der Waals surface area contributed by atoms with Gasteiger partial charge in [0.1, 0.15) is 42.7 Å². The average molecular weight is 516 g/mol. The van der Waals surface area contributed by atoms with E-state index in [0.29, 0.717) is 0 Å². The van der Waals surface area contributed by atoms with Crippen molar-refractivity contribution in [3.8, 4) is 0 Å². The van der Waals surface area contributed by atoms with Crippen LogP contribution in [0.4, 0.5) is 0 Å². The molecule has 2 aliphatic heterocycles. The number of aliphatic hydroxyl groups excluding tert-OH is 7. The lowest BCUT2D eigenvalue weighted by molar-refractivity contribution is -0.356. The van der Waals surface area contributed by atoms with E-state index < -0.39 is 111 Å². The van der Waals surface area contributed by atoms with Crippen molar-refractivity contribution in [2.45, 2.75) is 79.9 Å². The van der Waals surface area contributed by atoms with Gasteiger partial charge in [-0.05, 0) is 0 Å². The van der Waals surface area contributed by atoms with E-state index in [9.17, 15) is 55.2 Å². The van der Waals surface area contributed by atoms with Crippen LogP contribution in [0.5, 0.6) is 0 Å². The zero-order valence-corrected chi connectivity index (χ0v) is 17.9.